The fraction of sp³-hybridized carbons (Fsp3) is 0.438. The molecule has 2 aromatic rings. The van der Waals surface area contributed by atoms with Crippen LogP contribution in [0.2, 0.25) is 0 Å². The lowest BCUT2D eigenvalue weighted by molar-refractivity contribution is 0.350. The van der Waals surface area contributed by atoms with E-state index in [1.807, 2.05) is 29.1 Å². The third-order valence-electron chi connectivity index (χ3n) is 3.62. The predicted octanol–water partition coefficient (Wildman–Crippen LogP) is 2.52. The van der Waals surface area contributed by atoms with Crippen molar-refractivity contribution in [3.05, 3.63) is 41.2 Å². The molecule has 1 aromatic heterocycles. The molecule has 0 saturated carbocycles. The molecule has 0 spiro atoms. The number of rotatable bonds is 7. The molecule has 0 atom stereocenters. The maximum absolute atomic E-state index is 5.43. The van der Waals surface area contributed by atoms with E-state index in [9.17, 15) is 0 Å². The second-order valence-corrected chi connectivity index (χ2v) is 4.83. The van der Waals surface area contributed by atoms with Gasteiger partial charge in [0.15, 0.2) is 11.5 Å². The highest BCUT2D eigenvalue weighted by molar-refractivity contribution is 5.46. The minimum absolute atomic E-state index is 0.719. The highest BCUT2D eigenvalue weighted by atomic mass is 16.5. The first kappa shape index (κ1) is 15.4. The molecule has 0 saturated heterocycles. The molecular weight excluding hydrogens is 266 g/mol. The van der Waals surface area contributed by atoms with E-state index in [0.717, 1.165) is 36.7 Å². The monoisotopic (exact) mass is 289 g/mol. The Labute approximate surface area is 125 Å². The summed E-state index contributed by atoms with van der Waals surface area (Å²) in [4.78, 5) is 0. The molecule has 0 aliphatic heterocycles. The van der Waals surface area contributed by atoms with Gasteiger partial charge in [0, 0.05) is 36.5 Å². The lowest BCUT2D eigenvalue weighted by Crippen LogP contribution is -2.14. The van der Waals surface area contributed by atoms with Crippen molar-refractivity contribution in [2.24, 2.45) is 0 Å². The standard InChI is InChI=1S/C16H23N3O2/c1-5-19-12(2)14(11-18-19)10-17-9-13-7-6-8-15(20-3)16(13)21-4/h6-8,11,17H,5,9-10H2,1-4H3. The maximum atomic E-state index is 5.43. The second-order valence-electron chi connectivity index (χ2n) is 4.83. The first-order chi connectivity index (χ1) is 10.2. The van der Waals surface area contributed by atoms with Crippen molar-refractivity contribution in [2.45, 2.75) is 33.5 Å². The molecule has 21 heavy (non-hydrogen) atoms. The minimum atomic E-state index is 0.719. The van der Waals surface area contributed by atoms with Crippen LogP contribution in [0, 0.1) is 6.92 Å². The molecule has 0 amide bonds. The summed E-state index contributed by atoms with van der Waals surface area (Å²) in [6.45, 7) is 6.59. The number of hydrogen-bond acceptors (Lipinski definition) is 4. The van der Waals surface area contributed by atoms with Crippen LogP contribution < -0.4 is 14.8 Å². The summed E-state index contributed by atoms with van der Waals surface area (Å²) in [5.74, 6) is 1.54. The third kappa shape index (κ3) is 3.36. The minimum Gasteiger partial charge on any atom is -0.493 e. The van der Waals surface area contributed by atoms with Crippen LogP contribution in [0.15, 0.2) is 24.4 Å². The van der Waals surface area contributed by atoms with Crippen molar-refractivity contribution in [3.63, 3.8) is 0 Å². The molecule has 114 valence electrons. The number of aromatic nitrogens is 2. The Hall–Kier alpha value is -2.01. The number of hydrogen-bond donors (Lipinski definition) is 1. The van der Waals surface area contributed by atoms with Crippen molar-refractivity contribution in [3.8, 4) is 11.5 Å². The average molecular weight is 289 g/mol. The normalized spacial score (nSPS) is 10.7. The summed E-state index contributed by atoms with van der Waals surface area (Å²) >= 11 is 0. The number of methoxy groups -OCH3 is 2. The van der Waals surface area contributed by atoms with Crippen molar-refractivity contribution < 1.29 is 9.47 Å². The van der Waals surface area contributed by atoms with Crippen LogP contribution in [-0.4, -0.2) is 24.0 Å². The first-order valence-electron chi connectivity index (χ1n) is 7.13. The number of nitrogens with one attached hydrogen (secondary N) is 1. The van der Waals surface area contributed by atoms with Crippen LogP contribution in [0.3, 0.4) is 0 Å². The maximum Gasteiger partial charge on any atom is 0.165 e. The molecule has 5 heteroatoms. The van der Waals surface area contributed by atoms with Crippen molar-refractivity contribution in [2.75, 3.05) is 14.2 Å². The highest BCUT2D eigenvalue weighted by Gasteiger charge is 2.10. The van der Waals surface area contributed by atoms with Crippen molar-refractivity contribution in [1.29, 1.82) is 0 Å². The van der Waals surface area contributed by atoms with Gasteiger partial charge in [-0.25, -0.2) is 0 Å². The quantitative estimate of drug-likeness (QED) is 0.851. The van der Waals surface area contributed by atoms with Gasteiger partial charge in [-0.2, -0.15) is 5.10 Å². The molecule has 1 heterocycles. The molecule has 0 bridgehead atoms. The SMILES string of the molecule is CCn1ncc(CNCc2cccc(OC)c2OC)c1C. The van der Waals surface area contributed by atoms with E-state index in [-0.39, 0.29) is 0 Å². The summed E-state index contributed by atoms with van der Waals surface area (Å²) in [5, 5.41) is 7.79. The topological polar surface area (TPSA) is 48.3 Å². The van der Waals surface area contributed by atoms with Gasteiger partial charge in [-0.05, 0) is 19.9 Å². The van der Waals surface area contributed by atoms with Gasteiger partial charge in [0.2, 0.25) is 0 Å². The number of benzene rings is 1. The largest absolute Gasteiger partial charge is 0.493 e. The van der Waals surface area contributed by atoms with Gasteiger partial charge in [-0.3, -0.25) is 4.68 Å². The smallest absolute Gasteiger partial charge is 0.165 e. The van der Waals surface area contributed by atoms with Gasteiger partial charge in [0.25, 0.3) is 0 Å². The van der Waals surface area contributed by atoms with Crippen LogP contribution in [0.4, 0.5) is 0 Å². The van der Waals surface area contributed by atoms with E-state index in [1.165, 1.54) is 11.3 Å². The zero-order chi connectivity index (χ0) is 15.2. The summed E-state index contributed by atoms with van der Waals surface area (Å²) in [5.41, 5.74) is 3.51. The second kappa shape index (κ2) is 7.13. The molecule has 0 aliphatic rings. The zero-order valence-electron chi connectivity index (χ0n) is 13.1. The predicted molar refractivity (Wildman–Crippen MR) is 82.7 cm³/mol. The Morgan fingerprint density at radius 2 is 1.90 bits per heavy atom. The van der Waals surface area contributed by atoms with Gasteiger partial charge >= 0.3 is 0 Å². The van der Waals surface area contributed by atoms with Crippen LogP contribution >= 0.6 is 0 Å². The Balaban J connectivity index is 2.02. The Kier molecular flexibility index (Phi) is 5.22. The Bertz CT molecular complexity index is 593. The summed E-state index contributed by atoms with van der Waals surface area (Å²) in [6.07, 6.45) is 1.93. The van der Waals surface area contributed by atoms with Gasteiger partial charge < -0.3 is 14.8 Å². The number of aryl methyl sites for hydroxylation is 1. The fourth-order valence-electron chi connectivity index (χ4n) is 2.40. The van der Waals surface area contributed by atoms with E-state index in [2.05, 4.69) is 24.3 Å². The van der Waals surface area contributed by atoms with Gasteiger partial charge in [0.1, 0.15) is 0 Å². The van der Waals surface area contributed by atoms with E-state index < -0.39 is 0 Å². The van der Waals surface area contributed by atoms with Crippen LogP contribution in [0.25, 0.3) is 0 Å². The van der Waals surface area contributed by atoms with Crippen LogP contribution in [-0.2, 0) is 19.6 Å². The molecular formula is C16H23N3O2. The van der Waals surface area contributed by atoms with Crippen LogP contribution in [0.1, 0.15) is 23.7 Å². The molecule has 0 aliphatic carbocycles. The van der Waals surface area contributed by atoms with Gasteiger partial charge in [-0.15, -0.1) is 0 Å². The van der Waals surface area contributed by atoms with E-state index in [1.54, 1.807) is 14.2 Å². The Morgan fingerprint density at radius 1 is 1.14 bits per heavy atom. The molecule has 2 rings (SSSR count). The van der Waals surface area contributed by atoms with E-state index in [4.69, 9.17) is 9.47 Å². The third-order valence-corrected chi connectivity index (χ3v) is 3.62. The Morgan fingerprint density at radius 3 is 2.52 bits per heavy atom. The average Bonchev–Trinajstić information content (AvgIpc) is 2.87. The van der Waals surface area contributed by atoms with Crippen molar-refractivity contribution in [1.82, 2.24) is 15.1 Å². The highest BCUT2D eigenvalue weighted by Crippen LogP contribution is 2.30. The van der Waals surface area contributed by atoms with Gasteiger partial charge in [0.05, 0.1) is 20.4 Å². The molecule has 0 unspecified atom stereocenters. The van der Waals surface area contributed by atoms with Crippen molar-refractivity contribution >= 4 is 0 Å². The summed E-state index contributed by atoms with van der Waals surface area (Å²) in [7, 11) is 3.31. The van der Waals surface area contributed by atoms with Gasteiger partial charge in [-0.1, -0.05) is 12.1 Å². The number of nitrogens with zero attached hydrogens (tertiary/aromatic N) is 2. The zero-order valence-corrected chi connectivity index (χ0v) is 13.1. The number of ether oxygens (including phenoxy) is 2. The number of para-hydroxylation sites is 1. The lowest BCUT2D eigenvalue weighted by atomic mass is 10.1. The fourth-order valence-corrected chi connectivity index (χ4v) is 2.40. The summed E-state index contributed by atoms with van der Waals surface area (Å²) in [6, 6.07) is 5.91. The van der Waals surface area contributed by atoms with E-state index in [0.29, 0.717) is 0 Å². The molecule has 5 nitrogen and oxygen atoms in total. The first-order valence-corrected chi connectivity index (χ1v) is 7.13. The molecule has 1 aromatic carbocycles. The van der Waals surface area contributed by atoms with E-state index >= 15 is 0 Å². The molecule has 1 N–H and O–H groups in total. The molecule has 0 radical (unpaired) electrons. The molecule has 0 fully saturated rings. The lowest BCUT2D eigenvalue weighted by Gasteiger charge is -2.13. The van der Waals surface area contributed by atoms with Crippen LogP contribution in [0.5, 0.6) is 11.5 Å². The summed E-state index contributed by atoms with van der Waals surface area (Å²) < 4.78 is 12.7.